The molecule has 1 aromatic carbocycles. The van der Waals surface area contributed by atoms with Gasteiger partial charge in [0.1, 0.15) is 11.6 Å². The Bertz CT molecular complexity index is 792. The van der Waals surface area contributed by atoms with Crippen molar-refractivity contribution in [2.24, 2.45) is 0 Å². The number of likely N-dealkylation sites (tertiary alicyclic amines) is 1. The minimum absolute atomic E-state index is 0.0874. The highest BCUT2D eigenvalue weighted by Gasteiger charge is 2.30. The monoisotopic (exact) mass is 360 g/mol. The highest BCUT2D eigenvalue weighted by atomic mass is 19.1. The number of aliphatic carboxylic acids is 1. The van der Waals surface area contributed by atoms with Crippen molar-refractivity contribution in [2.75, 3.05) is 13.1 Å². The molecular formula is C18H21FN4O3. The lowest BCUT2D eigenvalue weighted by Gasteiger charge is -2.34. The molecular weight excluding hydrogens is 339 g/mol. The zero-order valence-electron chi connectivity index (χ0n) is 14.2. The third-order valence-electron chi connectivity index (χ3n) is 4.43. The Hall–Kier alpha value is -2.90. The zero-order chi connectivity index (χ0) is 18.5. The number of imidazole rings is 1. The van der Waals surface area contributed by atoms with Crippen molar-refractivity contribution in [2.45, 2.75) is 31.7 Å². The number of piperidine rings is 1. The number of aromatic amines is 1. The number of carboxylic acids is 1. The smallest absolute Gasteiger partial charge is 0.318 e. The second-order valence-electron chi connectivity index (χ2n) is 6.27. The number of urea groups is 1. The van der Waals surface area contributed by atoms with E-state index in [4.69, 9.17) is 5.11 Å². The van der Waals surface area contributed by atoms with Crippen LogP contribution in [0.3, 0.4) is 0 Å². The number of hydrogen-bond acceptors (Lipinski definition) is 3. The van der Waals surface area contributed by atoms with Crippen molar-refractivity contribution < 1.29 is 19.1 Å². The molecule has 26 heavy (non-hydrogen) atoms. The SMILES string of the molecule is O=C(O)CCNC(=O)N1CCCCC1c1ncc(-c2cccc(F)c2)[nH]1. The van der Waals surface area contributed by atoms with Gasteiger partial charge in [-0.3, -0.25) is 4.79 Å². The van der Waals surface area contributed by atoms with Gasteiger partial charge in [-0.05, 0) is 31.4 Å². The van der Waals surface area contributed by atoms with Gasteiger partial charge < -0.3 is 20.3 Å². The maximum atomic E-state index is 13.4. The molecule has 2 heterocycles. The van der Waals surface area contributed by atoms with Gasteiger partial charge in [0.25, 0.3) is 0 Å². The Morgan fingerprint density at radius 1 is 1.38 bits per heavy atom. The van der Waals surface area contributed by atoms with Crippen LogP contribution in [0.25, 0.3) is 11.3 Å². The number of nitrogens with one attached hydrogen (secondary N) is 2. The predicted octanol–water partition coefficient (Wildman–Crippen LogP) is 2.93. The topological polar surface area (TPSA) is 98.3 Å². The number of carbonyl (C=O) groups excluding carboxylic acids is 1. The number of rotatable bonds is 5. The summed E-state index contributed by atoms with van der Waals surface area (Å²) in [6, 6.07) is 5.72. The normalized spacial score (nSPS) is 17.1. The highest BCUT2D eigenvalue weighted by Crippen LogP contribution is 2.30. The number of nitrogens with zero attached hydrogens (tertiary/aromatic N) is 2. The van der Waals surface area contributed by atoms with Crippen molar-refractivity contribution in [1.82, 2.24) is 20.2 Å². The standard InChI is InChI=1S/C18H21FN4O3/c19-13-5-3-4-12(10-13)14-11-21-17(22-14)15-6-1-2-9-23(15)18(26)20-8-7-16(24)25/h3-5,10-11,15H,1-2,6-9H2,(H,20,26)(H,21,22)(H,24,25). The van der Waals surface area contributed by atoms with Crippen molar-refractivity contribution in [3.8, 4) is 11.3 Å². The number of benzene rings is 1. The lowest BCUT2D eigenvalue weighted by molar-refractivity contribution is -0.136. The lowest BCUT2D eigenvalue weighted by Crippen LogP contribution is -2.45. The minimum Gasteiger partial charge on any atom is -0.481 e. The molecule has 7 nitrogen and oxygen atoms in total. The number of carbonyl (C=O) groups is 2. The number of H-pyrrole nitrogens is 1. The van der Waals surface area contributed by atoms with E-state index in [2.05, 4.69) is 15.3 Å². The largest absolute Gasteiger partial charge is 0.481 e. The van der Waals surface area contributed by atoms with Crippen LogP contribution >= 0.6 is 0 Å². The molecule has 1 aromatic heterocycles. The Labute approximate surface area is 150 Å². The van der Waals surface area contributed by atoms with Gasteiger partial charge >= 0.3 is 12.0 Å². The van der Waals surface area contributed by atoms with Crippen molar-refractivity contribution in [3.63, 3.8) is 0 Å². The van der Waals surface area contributed by atoms with E-state index >= 15 is 0 Å². The first-order chi connectivity index (χ1) is 12.5. The molecule has 2 aromatic rings. The maximum absolute atomic E-state index is 13.4. The van der Waals surface area contributed by atoms with E-state index in [1.165, 1.54) is 12.1 Å². The molecule has 1 unspecified atom stereocenters. The van der Waals surface area contributed by atoms with Crippen molar-refractivity contribution in [1.29, 1.82) is 0 Å². The summed E-state index contributed by atoms with van der Waals surface area (Å²) in [6.07, 6.45) is 4.15. The molecule has 1 saturated heterocycles. The van der Waals surface area contributed by atoms with E-state index in [1.807, 2.05) is 0 Å². The van der Waals surface area contributed by atoms with Gasteiger partial charge in [0.15, 0.2) is 0 Å². The van der Waals surface area contributed by atoms with Gasteiger partial charge in [0.05, 0.1) is 24.4 Å². The molecule has 1 fully saturated rings. The van der Waals surface area contributed by atoms with Gasteiger partial charge in [-0.2, -0.15) is 0 Å². The fraction of sp³-hybridized carbons (Fsp3) is 0.389. The summed E-state index contributed by atoms with van der Waals surface area (Å²) in [4.78, 5) is 32.3. The Morgan fingerprint density at radius 3 is 3.00 bits per heavy atom. The quantitative estimate of drug-likeness (QED) is 0.763. The average Bonchev–Trinajstić information content (AvgIpc) is 3.11. The molecule has 0 radical (unpaired) electrons. The van der Waals surface area contributed by atoms with Crippen LogP contribution in [0, 0.1) is 5.82 Å². The molecule has 0 aliphatic carbocycles. The van der Waals surface area contributed by atoms with E-state index in [0.29, 0.717) is 23.6 Å². The molecule has 1 aliphatic rings. The summed E-state index contributed by atoms with van der Waals surface area (Å²) in [6.45, 7) is 0.670. The van der Waals surface area contributed by atoms with Crippen LogP contribution in [0.5, 0.6) is 0 Å². The molecule has 3 N–H and O–H groups in total. The first-order valence-electron chi connectivity index (χ1n) is 8.61. The summed E-state index contributed by atoms with van der Waals surface area (Å²) in [5, 5.41) is 11.3. The van der Waals surface area contributed by atoms with Gasteiger partial charge in [-0.1, -0.05) is 12.1 Å². The zero-order valence-corrected chi connectivity index (χ0v) is 14.2. The maximum Gasteiger partial charge on any atom is 0.318 e. The van der Waals surface area contributed by atoms with Crippen LogP contribution in [0.15, 0.2) is 30.5 Å². The summed E-state index contributed by atoms with van der Waals surface area (Å²) < 4.78 is 13.4. The number of amides is 2. The van der Waals surface area contributed by atoms with Crippen LogP contribution < -0.4 is 5.32 Å². The summed E-state index contributed by atoms with van der Waals surface area (Å²) in [5.74, 6) is -0.626. The number of hydrogen-bond donors (Lipinski definition) is 3. The lowest BCUT2D eigenvalue weighted by atomic mass is 10.0. The highest BCUT2D eigenvalue weighted by molar-refractivity contribution is 5.75. The molecule has 1 atom stereocenters. The van der Waals surface area contributed by atoms with Crippen LogP contribution in [0.1, 0.15) is 37.5 Å². The van der Waals surface area contributed by atoms with Crippen LogP contribution in [0.2, 0.25) is 0 Å². The van der Waals surface area contributed by atoms with Crippen LogP contribution in [-0.4, -0.2) is 45.1 Å². The molecule has 1 aliphatic heterocycles. The van der Waals surface area contributed by atoms with Crippen molar-refractivity contribution in [3.05, 3.63) is 42.1 Å². The first kappa shape index (κ1) is 17.9. The van der Waals surface area contributed by atoms with Gasteiger partial charge in [0.2, 0.25) is 0 Å². The molecule has 0 bridgehead atoms. The number of carboxylic acid groups (broad SMARTS) is 1. The van der Waals surface area contributed by atoms with Crippen LogP contribution in [-0.2, 0) is 4.79 Å². The third kappa shape index (κ3) is 4.19. The Morgan fingerprint density at radius 2 is 2.23 bits per heavy atom. The number of aromatic nitrogens is 2. The van der Waals surface area contributed by atoms with Crippen molar-refractivity contribution >= 4 is 12.0 Å². The van der Waals surface area contributed by atoms with Gasteiger partial charge in [-0.25, -0.2) is 14.2 Å². The molecule has 8 heteroatoms. The molecule has 138 valence electrons. The molecule has 3 rings (SSSR count). The van der Waals surface area contributed by atoms with E-state index in [1.54, 1.807) is 23.2 Å². The summed E-state index contributed by atoms with van der Waals surface area (Å²) in [7, 11) is 0. The minimum atomic E-state index is -0.953. The molecule has 0 saturated carbocycles. The van der Waals surface area contributed by atoms with E-state index in [0.717, 1.165) is 19.3 Å². The summed E-state index contributed by atoms with van der Waals surface area (Å²) >= 11 is 0. The second-order valence-corrected chi connectivity index (χ2v) is 6.27. The average molecular weight is 360 g/mol. The fourth-order valence-electron chi connectivity index (χ4n) is 3.15. The molecule has 2 amide bonds. The van der Waals surface area contributed by atoms with E-state index < -0.39 is 5.97 Å². The number of halogens is 1. The summed E-state index contributed by atoms with van der Waals surface area (Å²) in [5.41, 5.74) is 1.38. The second kappa shape index (κ2) is 7.99. The predicted molar refractivity (Wildman–Crippen MR) is 92.9 cm³/mol. The molecule has 0 spiro atoms. The Balaban J connectivity index is 1.73. The van der Waals surface area contributed by atoms with Crippen LogP contribution in [0.4, 0.5) is 9.18 Å². The van der Waals surface area contributed by atoms with Gasteiger partial charge in [0, 0.05) is 18.7 Å². The third-order valence-corrected chi connectivity index (χ3v) is 4.43. The first-order valence-corrected chi connectivity index (χ1v) is 8.61. The van der Waals surface area contributed by atoms with Gasteiger partial charge in [-0.15, -0.1) is 0 Å². The fourth-order valence-corrected chi connectivity index (χ4v) is 3.15. The van der Waals surface area contributed by atoms with E-state index in [-0.39, 0.29) is 30.9 Å². The van der Waals surface area contributed by atoms with E-state index in [9.17, 15) is 14.0 Å². The Kier molecular flexibility index (Phi) is 5.50.